The van der Waals surface area contributed by atoms with Gasteiger partial charge in [-0.05, 0) is 53.5 Å². The Hall–Kier alpha value is -3.93. The maximum Gasteiger partial charge on any atom is 0.359 e. The second-order valence-corrected chi connectivity index (χ2v) is 7.18. The van der Waals surface area contributed by atoms with E-state index in [2.05, 4.69) is 12.1 Å². The van der Waals surface area contributed by atoms with Crippen molar-refractivity contribution in [2.24, 2.45) is 0 Å². The lowest BCUT2D eigenvalue weighted by atomic mass is 10.0. The van der Waals surface area contributed by atoms with Gasteiger partial charge in [0.05, 0.1) is 6.61 Å². The van der Waals surface area contributed by atoms with E-state index in [4.69, 9.17) is 4.74 Å². The van der Waals surface area contributed by atoms with Crippen LogP contribution < -0.4 is 9.58 Å². The number of hydrogen-bond acceptors (Lipinski definition) is 4. The molecular weight excluding hydrogens is 390 g/mol. The number of nitrogens with zero attached hydrogens (tertiary/aromatic N) is 3. The van der Waals surface area contributed by atoms with Crippen molar-refractivity contribution in [3.05, 3.63) is 89.6 Å². The highest BCUT2D eigenvalue weighted by molar-refractivity contribution is 5.97. The standard InChI is InChI=1S/C25H23N3O3/c1-2-3-18-31-22-15-13-21(14-16-22)20-11-8-19(9-12-20)10-17-25(29)27-23-6-4-5-7-24(23)28(30)26-27/h4-17H,2-3,18H2,1H3/b17-10+. The van der Waals surface area contributed by atoms with E-state index in [0.717, 1.165) is 46.6 Å². The Kier molecular flexibility index (Phi) is 6.08. The molecule has 0 aliphatic rings. The van der Waals surface area contributed by atoms with Crippen LogP contribution in [0.15, 0.2) is 78.9 Å². The molecule has 0 aliphatic carbocycles. The summed E-state index contributed by atoms with van der Waals surface area (Å²) >= 11 is 0. The number of rotatable bonds is 7. The molecule has 156 valence electrons. The van der Waals surface area contributed by atoms with Gasteiger partial charge in [-0.15, -0.1) is 4.85 Å². The lowest BCUT2D eigenvalue weighted by Crippen LogP contribution is -2.30. The summed E-state index contributed by atoms with van der Waals surface area (Å²) in [4.78, 5) is 13.0. The smallest absolute Gasteiger partial charge is 0.359 e. The molecule has 3 aromatic carbocycles. The Bertz CT molecular complexity index is 1210. The van der Waals surface area contributed by atoms with Crippen LogP contribution in [0.25, 0.3) is 28.2 Å². The number of carbonyl (C=O) groups is 1. The van der Waals surface area contributed by atoms with Gasteiger partial charge in [0.1, 0.15) is 11.0 Å². The van der Waals surface area contributed by atoms with Gasteiger partial charge in [-0.3, -0.25) is 0 Å². The SMILES string of the molecule is CCCCOc1ccc(-c2ccc(/C=C/C(=O)n3n[n+]([O-])c4ccccc43)cc2)cc1. The predicted molar refractivity (Wildman–Crippen MR) is 121 cm³/mol. The minimum Gasteiger partial charge on any atom is -0.691 e. The summed E-state index contributed by atoms with van der Waals surface area (Å²) in [7, 11) is 0. The molecule has 4 aromatic rings. The first-order chi connectivity index (χ1) is 15.2. The van der Waals surface area contributed by atoms with Gasteiger partial charge in [0.25, 0.3) is 0 Å². The van der Waals surface area contributed by atoms with Crippen LogP contribution in [0, 0.1) is 5.21 Å². The predicted octanol–water partition coefficient (Wildman–Crippen LogP) is 4.87. The minimum absolute atomic E-state index is 0.357. The van der Waals surface area contributed by atoms with E-state index < -0.39 is 0 Å². The molecule has 1 aromatic heterocycles. The number of hydrogen-bond donors (Lipinski definition) is 0. The average Bonchev–Trinajstić information content (AvgIpc) is 3.15. The summed E-state index contributed by atoms with van der Waals surface area (Å²) in [6, 6.07) is 22.8. The Balaban J connectivity index is 1.44. The van der Waals surface area contributed by atoms with Crippen molar-refractivity contribution in [2.75, 3.05) is 6.61 Å². The summed E-state index contributed by atoms with van der Waals surface area (Å²) in [5.74, 6) is 0.495. The highest BCUT2D eigenvalue weighted by Gasteiger charge is 2.18. The molecule has 0 saturated heterocycles. The monoisotopic (exact) mass is 413 g/mol. The quantitative estimate of drug-likeness (QED) is 0.188. The van der Waals surface area contributed by atoms with Crippen molar-refractivity contribution >= 4 is 23.0 Å². The van der Waals surface area contributed by atoms with Gasteiger partial charge in [0.2, 0.25) is 11.0 Å². The molecule has 4 rings (SSSR count). The molecule has 0 spiro atoms. The molecule has 31 heavy (non-hydrogen) atoms. The van der Waals surface area contributed by atoms with Crippen LogP contribution in [0.1, 0.15) is 30.1 Å². The topological polar surface area (TPSA) is 71.1 Å². The number of ether oxygens (including phenoxy) is 1. The summed E-state index contributed by atoms with van der Waals surface area (Å²) in [5.41, 5.74) is 3.88. The number of para-hydroxylation sites is 2. The maximum atomic E-state index is 12.5. The zero-order valence-electron chi connectivity index (χ0n) is 17.3. The third kappa shape index (κ3) is 4.64. The van der Waals surface area contributed by atoms with E-state index in [1.807, 2.05) is 48.5 Å². The van der Waals surface area contributed by atoms with Gasteiger partial charge in [0.15, 0.2) is 0 Å². The van der Waals surface area contributed by atoms with E-state index in [1.165, 1.54) is 6.08 Å². The minimum atomic E-state index is -0.381. The molecule has 1 heterocycles. The van der Waals surface area contributed by atoms with Gasteiger partial charge in [0, 0.05) is 6.08 Å². The van der Waals surface area contributed by atoms with Crippen molar-refractivity contribution in [2.45, 2.75) is 19.8 Å². The number of allylic oxidation sites excluding steroid dienone is 1. The summed E-state index contributed by atoms with van der Waals surface area (Å²) in [6.45, 7) is 2.88. The van der Waals surface area contributed by atoms with Crippen LogP contribution in [-0.2, 0) is 0 Å². The Morgan fingerprint density at radius 2 is 1.71 bits per heavy atom. The molecule has 0 fully saturated rings. The fraction of sp³-hybridized carbons (Fsp3) is 0.160. The Morgan fingerprint density at radius 1 is 1.03 bits per heavy atom. The van der Waals surface area contributed by atoms with E-state index in [1.54, 1.807) is 30.3 Å². The summed E-state index contributed by atoms with van der Waals surface area (Å²) in [5, 5.41) is 15.6. The second-order valence-electron chi connectivity index (χ2n) is 7.18. The normalized spacial score (nSPS) is 11.3. The van der Waals surface area contributed by atoms with Gasteiger partial charge < -0.3 is 9.94 Å². The molecule has 0 amide bonds. The number of fused-ring (bicyclic) bond motifs is 1. The van der Waals surface area contributed by atoms with Crippen molar-refractivity contribution in [3.63, 3.8) is 0 Å². The Morgan fingerprint density at radius 3 is 2.42 bits per heavy atom. The van der Waals surface area contributed by atoms with Gasteiger partial charge in [-0.2, -0.15) is 0 Å². The van der Waals surface area contributed by atoms with Gasteiger partial charge in [-0.1, -0.05) is 66.6 Å². The summed E-state index contributed by atoms with van der Waals surface area (Å²) < 4.78 is 6.81. The zero-order chi connectivity index (χ0) is 21.6. The molecule has 6 nitrogen and oxygen atoms in total. The van der Waals surface area contributed by atoms with Crippen molar-refractivity contribution < 1.29 is 14.4 Å². The van der Waals surface area contributed by atoms with Crippen molar-refractivity contribution in [1.29, 1.82) is 0 Å². The molecule has 0 radical (unpaired) electrons. The van der Waals surface area contributed by atoms with Crippen LogP contribution in [0.5, 0.6) is 5.75 Å². The number of aromatic nitrogens is 3. The molecule has 0 unspecified atom stereocenters. The average molecular weight is 413 g/mol. The summed E-state index contributed by atoms with van der Waals surface area (Å²) in [6.07, 6.45) is 5.29. The fourth-order valence-corrected chi connectivity index (χ4v) is 3.25. The third-order valence-corrected chi connectivity index (χ3v) is 4.98. The van der Waals surface area contributed by atoms with Gasteiger partial charge >= 0.3 is 5.91 Å². The number of carbonyl (C=O) groups excluding carboxylic acids is 1. The number of unbranched alkanes of at least 4 members (excludes halogenated alkanes) is 1. The van der Waals surface area contributed by atoms with Crippen LogP contribution >= 0.6 is 0 Å². The molecule has 0 saturated carbocycles. The molecule has 0 atom stereocenters. The van der Waals surface area contributed by atoms with Crippen LogP contribution in [0.2, 0.25) is 0 Å². The second kappa shape index (κ2) is 9.26. The lowest BCUT2D eigenvalue weighted by molar-refractivity contribution is -0.645. The van der Waals surface area contributed by atoms with E-state index in [0.29, 0.717) is 15.9 Å². The molecule has 0 N–H and O–H groups in total. The number of benzene rings is 3. The first-order valence-corrected chi connectivity index (χ1v) is 10.3. The van der Waals surface area contributed by atoms with Crippen LogP contribution in [0.3, 0.4) is 0 Å². The molecule has 0 bridgehead atoms. The van der Waals surface area contributed by atoms with Crippen LogP contribution in [0.4, 0.5) is 0 Å². The van der Waals surface area contributed by atoms with Crippen LogP contribution in [-0.4, -0.2) is 22.4 Å². The highest BCUT2D eigenvalue weighted by atomic mass is 16.5. The highest BCUT2D eigenvalue weighted by Crippen LogP contribution is 2.23. The first kappa shape index (κ1) is 20.3. The largest absolute Gasteiger partial charge is 0.691 e. The van der Waals surface area contributed by atoms with Crippen molar-refractivity contribution in [3.8, 4) is 16.9 Å². The lowest BCUT2D eigenvalue weighted by Gasteiger charge is -2.07. The Labute approximate surface area is 180 Å². The van der Waals surface area contributed by atoms with Crippen molar-refractivity contribution in [1.82, 2.24) is 9.90 Å². The zero-order valence-corrected chi connectivity index (χ0v) is 17.3. The maximum absolute atomic E-state index is 12.5. The molecule has 6 heteroatoms. The van der Waals surface area contributed by atoms with E-state index in [-0.39, 0.29) is 5.91 Å². The fourth-order valence-electron chi connectivity index (χ4n) is 3.25. The van der Waals surface area contributed by atoms with E-state index in [9.17, 15) is 10.0 Å². The first-order valence-electron chi connectivity index (χ1n) is 10.3. The molecular formula is C25H23N3O3. The molecule has 0 aliphatic heterocycles. The van der Waals surface area contributed by atoms with E-state index >= 15 is 0 Å². The van der Waals surface area contributed by atoms with Gasteiger partial charge in [-0.25, -0.2) is 4.79 Å². The third-order valence-electron chi connectivity index (χ3n) is 4.98.